The number of sulfonamides is 2. The van der Waals surface area contributed by atoms with Crippen molar-refractivity contribution in [1.29, 1.82) is 0 Å². The average molecular weight is 1460 g/mol. The van der Waals surface area contributed by atoms with Crippen molar-refractivity contribution in [3.63, 3.8) is 0 Å². The van der Waals surface area contributed by atoms with E-state index < -0.39 is 54.6 Å². The first-order valence-electron chi connectivity index (χ1n) is 36.7. The van der Waals surface area contributed by atoms with E-state index in [-0.39, 0.29) is 58.5 Å². The number of nitrogens with one attached hydrogen (secondary N) is 2. The second kappa shape index (κ2) is 34.5. The smallest absolute Gasteiger partial charge is 0.264 e. The minimum atomic E-state index is -4.06. The summed E-state index contributed by atoms with van der Waals surface area (Å²) >= 11 is 12.9. The van der Waals surface area contributed by atoms with Crippen molar-refractivity contribution in [2.45, 2.75) is 176 Å². The molecule has 2 saturated carbocycles. The lowest BCUT2D eigenvalue weighted by atomic mass is 9.68. The zero-order chi connectivity index (χ0) is 72.0. The molecule has 4 N–H and O–H groups in total. The molecular weight excluding hydrogens is 1360 g/mol. The number of hydrogen-bond donors (Lipinski definition) is 4. The number of aliphatic hydroxyl groups excluding tert-OH is 2. The highest BCUT2D eigenvalue weighted by atomic mass is 35.5. The van der Waals surface area contributed by atoms with Crippen LogP contribution in [0.5, 0.6) is 11.5 Å². The number of aryl methyl sites for hydroxylation is 2. The van der Waals surface area contributed by atoms with E-state index in [2.05, 4.69) is 92.6 Å². The molecule has 0 saturated heterocycles. The minimum absolute atomic E-state index is 0.141. The van der Waals surface area contributed by atoms with Crippen LogP contribution in [0.25, 0.3) is 0 Å². The van der Waals surface area contributed by atoms with Gasteiger partial charge in [0.1, 0.15) is 11.5 Å². The first-order valence-corrected chi connectivity index (χ1v) is 40.5. The van der Waals surface area contributed by atoms with Gasteiger partial charge in [0, 0.05) is 94.8 Å². The molecular formula is C82H100Cl2N6O10S2. The Labute approximate surface area is 614 Å². The topological polar surface area (TPSA) is 218 Å². The standard InChI is InChI=1S/2C41H50ClN3O5S/c2*1-3-5-7-14-38(46)35-18-15-31(35)26-45-27-41(21-10-11-29-23-32(42)17-19-36(29)41)28-50-39-20-16-30(24-37(39)45)40(47)44-51(48,49)34(13-6-4-2)25-33-12-8-9-22-43-33/h2*4,7-9,12,14,16-17,19-20,22-24,31,34-35,38,46H,2-3,5-6,10-11,13,15,18,21,25-28H2,1H3,(H,44,47)/b2*14-7+/t31-,34+,35+,38-,41-;31-,34-,35+,38-,41-/m00/s1. The molecule has 6 aliphatic rings. The maximum absolute atomic E-state index is 13.8. The molecule has 2 amide bonds. The fourth-order valence-electron chi connectivity index (χ4n) is 16.1. The van der Waals surface area contributed by atoms with E-state index in [1.54, 1.807) is 85.2 Å². The van der Waals surface area contributed by atoms with Gasteiger partial charge in [-0.2, -0.15) is 0 Å². The molecule has 0 bridgehead atoms. The number of carbonyl (C=O) groups excluding carboxylic acids is 2. The van der Waals surface area contributed by atoms with Crippen molar-refractivity contribution in [1.82, 2.24) is 19.4 Å². The van der Waals surface area contributed by atoms with Crippen molar-refractivity contribution in [3.8, 4) is 11.5 Å². The van der Waals surface area contributed by atoms with Crippen molar-refractivity contribution in [3.05, 3.63) is 226 Å². The summed E-state index contributed by atoms with van der Waals surface area (Å²) in [6, 6.07) is 33.5. The molecule has 10 atom stereocenters. The number of rotatable bonds is 28. The van der Waals surface area contributed by atoms with Crippen LogP contribution in [0.1, 0.15) is 171 Å². The van der Waals surface area contributed by atoms with E-state index >= 15 is 0 Å². The Morgan fingerprint density at radius 1 is 0.598 bits per heavy atom. The molecule has 2 spiro atoms. The summed E-state index contributed by atoms with van der Waals surface area (Å²) in [5.41, 5.74) is 7.65. The van der Waals surface area contributed by atoms with E-state index in [9.17, 15) is 36.6 Å². The van der Waals surface area contributed by atoms with Crippen LogP contribution in [0, 0.1) is 23.7 Å². The number of anilines is 2. The van der Waals surface area contributed by atoms with Gasteiger partial charge in [-0.15, -0.1) is 13.2 Å². The summed E-state index contributed by atoms with van der Waals surface area (Å²) in [5.74, 6) is 0.727. The third kappa shape index (κ3) is 18.2. The summed E-state index contributed by atoms with van der Waals surface area (Å²) < 4.78 is 72.8. The Balaban J connectivity index is 0.000000205. The van der Waals surface area contributed by atoms with Crippen LogP contribution < -0.4 is 28.7 Å². The number of amides is 2. The van der Waals surface area contributed by atoms with E-state index in [4.69, 9.17) is 32.7 Å². The SMILES string of the molecule is C=CCC[C@@H](Cc1ccccn1)S(=O)(=O)NC(=O)c1ccc2c(c1)N(C[C@@H]1CC[C@H]1[C@@H](O)/C=C/CCC)C[C@@]1(CCCc3cc(Cl)ccc31)CO2.C=CCC[C@H](Cc1ccccn1)S(=O)(=O)NC(=O)c1ccc2c(c1)N(C[C@@H]1CC[C@H]1[C@@H](O)/C=C/CCC)C[C@@]1(CCCc3cc(Cl)ccc31)CO2. The largest absolute Gasteiger partial charge is 0.490 e. The van der Waals surface area contributed by atoms with Gasteiger partial charge in [-0.1, -0.05) is 111 Å². The van der Waals surface area contributed by atoms with Gasteiger partial charge in [-0.05, 0) is 234 Å². The number of halogens is 2. The number of allylic oxidation sites excluding steroid dienone is 4. The first-order chi connectivity index (χ1) is 49.2. The van der Waals surface area contributed by atoms with Crippen molar-refractivity contribution >= 4 is 66.4 Å². The highest BCUT2D eigenvalue weighted by molar-refractivity contribution is 7.91. The maximum atomic E-state index is 13.8. The van der Waals surface area contributed by atoms with Crippen LogP contribution in [0.3, 0.4) is 0 Å². The Morgan fingerprint density at radius 3 is 1.40 bits per heavy atom. The van der Waals surface area contributed by atoms with E-state index in [1.165, 1.54) is 22.3 Å². The van der Waals surface area contributed by atoms with E-state index in [0.29, 0.717) is 88.0 Å². The lowest BCUT2D eigenvalue weighted by Crippen LogP contribution is -2.49. The lowest BCUT2D eigenvalue weighted by Gasteiger charge is -2.45. The van der Waals surface area contributed by atoms with Gasteiger partial charge >= 0.3 is 0 Å². The molecule has 102 heavy (non-hydrogen) atoms. The number of ether oxygens (including phenoxy) is 2. The molecule has 20 heteroatoms. The Hall–Kier alpha value is -7.32. The normalized spacial score (nSPS) is 22.6. The number of fused-ring (bicyclic) bond motifs is 6. The molecule has 2 aromatic heterocycles. The molecule has 0 radical (unpaired) electrons. The van der Waals surface area contributed by atoms with Crippen LogP contribution in [-0.4, -0.2) is 111 Å². The number of carbonyl (C=O) groups is 2. The molecule has 544 valence electrons. The first kappa shape index (κ1) is 75.8. The molecule has 4 aliphatic carbocycles. The predicted octanol–water partition coefficient (Wildman–Crippen LogP) is 15.2. The number of hydrogen-bond acceptors (Lipinski definition) is 14. The van der Waals surface area contributed by atoms with Crippen LogP contribution in [-0.2, 0) is 56.6 Å². The lowest BCUT2D eigenvalue weighted by molar-refractivity contribution is 0.0454. The Morgan fingerprint density at radius 2 is 1.03 bits per heavy atom. The maximum Gasteiger partial charge on any atom is 0.264 e. The average Bonchev–Trinajstić information content (AvgIpc) is 1.53. The quantitative estimate of drug-likeness (QED) is 0.0336. The van der Waals surface area contributed by atoms with E-state index in [0.717, 1.165) is 111 Å². The fourth-order valence-corrected chi connectivity index (χ4v) is 19.2. The third-order valence-electron chi connectivity index (χ3n) is 22.0. The second-order valence-electron chi connectivity index (χ2n) is 29.0. The highest BCUT2D eigenvalue weighted by Gasteiger charge is 2.47. The van der Waals surface area contributed by atoms with Crippen LogP contribution in [0.4, 0.5) is 11.4 Å². The molecule has 0 unspecified atom stereocenters. The molecule has 4 heterocycles. The Kier molecular flexibility index (Phi) is 25.7. The summed E-state index contributed by atoms with van der Waals surface area (Å²) in [7, 11) is -8.12. The number of nitrogens with zero attached hydrogens (tertiary/aromatic N) is 4. The monoisotopic (exact) mass is 1460 g/mol. The molecule has 2 aliphatic heterocycles. The van der Waals surface area contributed by atoms with Gasteiger partial charge in [-0.3, -0.25) is 19.6 Å². The van der Waals surface area contributed by atoms with Gasteiger partial charge in [0.05, 0.1) is 47.3 Å². The Bertz CT molecular complexity index is 3930. The highest BCUT2D eigenvalue weighted by Crippen LogP contribution is 2.49. The van der Waals surface area contributed by atoms with Crippen LogP contribution in [0.2, 0.25) is 10.0 Å². The van der Waals surface area contributed by atoms with Gasteiger partial charge in [0.2, 0.25) is 20.0 Å². The van der Waals surface area contributed by atoms with Gasteiger partial charge in [0.25, 0.3) is 11.8 Å². The van der Waals surface area contributed by atoms with Gasteiger partial charge in [-0.25, -0.2) is 26.3 Å². The molecule has 4 aromatic carbocycles. The zero-order valence-electron chi connectivity index (χ0n) is 59.0. The number of pyridine rings is 2. The number of benzene rings is 4. The van der Waals surface area contributed by atoms with E-state index in [1.807, 2.05) is 36.4 Å². The van der Waals surface area contributed by atoms with Crippen molar-refractivity contribution < 1.29 is 46.1 Å². The predicted molar refractivity (Wildman–Crippen MR) is 408 cm³/mol. The molecule has 12 rings (SSSR count). The zero-order valence-corrected chi connectivity index (χ0v) is 62.1. The number of aromatic nitrogens is 2. The molecule has 6 aromatic rings. The summed E-state index contributed by atoms with van der Waals surface area (Å²) in [5, 5.41) is 21.9. The second-order valence-corrected chi connectivity index (χ2v) is 33.8. The van der Waals surface area contributed by atoms with Crippen LogP contribution >= 0.6 is 23.2 Å². The summed E-state index contributed by atoms with van der Waals surface area (Å²) in [6.45, 7) is 15.4. The van der Waals surface area contributed by atoms with Crippen molar-refractivity contribution in [2.24, 2.45) is 23.7 Å². The fraction of sp³-hybridized carbons (Fsp3) is 0.463. The molecule has 16 nitrogen and oxygen atoms in total. The van der Waals surface area contributed by atoms with Gasteiger partial charge in [0.15, 0.2) is 0 Å². The van der Waals surface area contributed by atoms with Crippen molar-refractivity contribution in [2.75, 3.05) is 49.2 Å². The van der Waals surface area contributed by atoms with Crippen LogP contribution in [0.15, 0.2) is 171 Å². The van der Waals surface area contributed by atoms with Gasteiger partial charge < -0.3 is 29.5 Å². The number of aliphatic hydroxyl groups is 2. The minimum Gasteiger partial charge on any atom is -0.490 e. The number of unbranched alkanes of at least 4 members (excludes halogenated alkanes) is 2. The summed E-state index contributed by atoms with van der Waals surface area (Å²) in [4.78, 5) is 40.8. The third-order valence-corrected chi connectivity index (χ3v) is 25.9. The summed E-state index contributed by atoms with van der Waals surface area (Å²) in [6.07, 6.45) is 29.3. The molecule has 2 fully saturated rings.